The van der Waals surface area contributed by atoms with Gasteiger partial charge >= 0.3 is 6.43 Å². The molecule has 0 unspecified atom stereocenters. The zero-order chi connectivity index (χ0) is 22.6. The molecule has 0 N–H and O–H groups in total. The average Bonchev–Trinajstić information content (AvgIpc) is 3.49. The molecule has 0 saturated carbocycles. The van der Waals surface area contributed by atoms with Crippen LogP contribution in [0.5, 0.6) is 0 Å². The van der Waals surface area contributed by atoms with Crippen LogP contribution in [0, 0.1) is 0 Å². The van der Waals surface area contributed by atoms with Gasteiger partial charge in [-0.1, -0.05) is 30.3 Å². The number of aromatic nitrogens is 4. The Bertz CT molecular complexity index is 1240. The molecule has 2 heterocycles. The third kappa shape index (κ3) is 4.99. The van der Waals surface area contributed by atoms with E-state index in [-0.39, 0.29) is 24.7 Å². The van der Waals surface area contributed by atoms with Gasteiger partial charge in [0, 0.05) is 24.5 Å². The van der Waals surface area contributed by atoms with E-state index in [2.05, 4.69) is 15.2 Å². The fraction of sp³-hybridized carbons (Fsp3) is 0.190. The van der Waals surface area contributed by atoms with E-state index in [4.69, 9.17) is 4.42 Å². The van der Waals surface area contributed by atoms with Gasteiger partial charge < -0.3 is 8.98 Å². The minimum absolute atomic E-state index is 0.0280. The van der Waals surface area contributed by atoms with Gasteiger partial charge in [-0.05, 0) is 29.8 Å². The van der Waals surface area contributed by atoms with Crippen molar-refractivity contribution < 1.29 is 21.6 Å². The molecule has 166 valence electrons. The number of sulfonamides is 1. The molecular weight excluding hydrogens is 440 g/mol. The normalized spacial score (nSPS) is 11.7. The Morgan fingerprint density at radius 2 is 1.78 bits per heavy atom. The largest absolute Gasteiger partial charge is 0.415 e. The summed E-state index contributed by atoms with van der Waals surface area (Å²) in [6, 6.07) is 15.5. The summed E-state index contributed by atoms with van der Waals surface area (Å²) >= 11 is 0. The Hall–Kier alpha value is -3.60. The van der Waals surface area contributed by atoms with E-state index in [0.29, 0.717) is 16.8 Å². The van der Waals surface area contributed by atoms with Crippen molar-refractivity contribution in [3.63, 3.8) is 0 Å². The zero-order valence-electron chi connectivity index (χ0n) is 16.8. The molecule has 0 bridgehead atoms. The Kier molecular flexibility index (Phi) is 6.26. The minimum atomic E-state index is -3.66. The monoisotopic (exact) mass is 459 g/mol. The Morgan fingerprint density at radius 3 is 2.41 bits per heavy atom. The van der Waals surface area contributed by atoms with Gasteiger partial charge in [0.05, 0.1) is 24.3 Å². The first-order valence-electron chi connectivity index (χ1n) is 9.64. The third-order valence-corrected chi connectivity index (χ3v) is 6.41. The highest BCUT2D eigenvalue weighted by atomic mass is 32.2. The van der Waals surface area contributed by atoms with Crippen LogP contribution in [0.15, 0.2) is 77.7 Å². The lowest BCUT2D eigenvalue weighted by Gasteiger charge is -2.25. The molecule has 0 radical (unpaired) electrons. The van der Waals surface area contributed by atoms with Gasteiger partial charge in [-0.2, -0.15) is 8.78 Å². The molecule has 0 amide bonds. The second kappa shape index (κ2) is 9.27. The van der Waals surface area contributed by atoms with Crippen molar-refractivity contribution in [3.8, 4) is 11.5 Å². The van der Waals surface area contributed by atoms with Crippen LogP contribution in [-0.2, 0) is 23.1 Å². The van der Waals surface area contributed by atoms with E-state index in [9.17, 15) is 17.2 Å². The predicted molar refractivity (Wildman–Crippen MR) is 113 cm³/mol. The lowest BCUT2D eigenvalue weighted by Crippen LogP contribution is -2.33. The Labute approximate surface area is 183 Å². The summed E-state index contributed by atoms with van der Waals surface area (Å²) in [7, 11) is -3.66. The van der Waals surface area contributed by atoms with Crippen molar-refractivity contribution in [1.82, 2.24) is 19.7 Å². The summed E-state index contributed by atoms with van der Waals surface area (Å²) in [6.07, 6.45) is 2.02. The van der Waals surface area contributed by atoms with Crippen LogP contribution >= 0.6 is 0 Å². The second-order valence-corrected chi connectivity index (χ2v) is 8.91. The number of benzene rings is 2. The molecule has 0 atom stereocenters. The summed E-state index contributed by atoms with van der Waals surface area (Å²) in [6.45, 7) is 0.372. The number of hydrogen-bond donors (Lipinski definition) is 0. The van der Waals surface area contributed by atoms with Crippen molar-refractivity contribution in [2.75, 3.05) is 10.1 Å². The van der Waals surface area contributed by atoms with Crippen LogP contribution < -0.4 is 4.31 Å². The molecule has 0 saturated heterocycles. The molecular formula is C21H19F2N5O3S. The average molecular weight is 459 g/mol. The topological polar surface area (TPSA) is 94.1 Å². The number of hydrogen-bond acceptors (Lipinski definition) is 6. The van der Waals surface area contributed by atoms with Gasteiger partial charge in [-0.3, -0.25) is 4.31 Å². The first-order chi connectivity index (χ1) is 15.4. The number of rotatable bonds is 9. The predicted octanol–water partition coefficient (Wildman–Crippen LogP) is 3.91. The number of alkyl halides is 2. The fourth-order valence-electron chi connectivity index (χ4n) is 3.05. The van der Waals surface area contributed by atoms with Crippen molar-refractivity contribution >= 4 is 15.7 Å². The van der Waals surface area contributed by atoms with Crippen LogP contribution in [0.3, 0.4) is 0 Å². The van der Waals surface area contributed by atoms with Gasteiger partial charge in [0.2, 0.25) is 15.9 Å². The maximum atomic E-state index is 13.2. The Morgan fingerprint density at radius 1 is 1.03 bits per heavy atom. The van der Waals surface area contributed by atoms with Crippen molar-refractivity contribution in [3.05, 3.63) is 84.8 Å². The Balaban J connectivity index is 1.55. The summed E-state index contributed by atoms with van der Waals surface area (Å²) in [5, 5.41) is 6.94. The highest BCUT2D eigenvalue weighted by Gasteiger charge is 2.23. The van der Waals surface area contributed by atoms with Gasteiger partial charge in [-0.25, -0.2) is 13.4 Å². The maximum absolute atomic E-state index is 13.2. The molecule has 0 aliphatic rings. The minimum Gasteiger partial charge on any atom is -0.415 e. The molecule has 8 nitrogen and oxygen atoms in total. The summed E-state index contributed by atoms with van der Waals surface area (Å²) in [4.78, 5) is 3.93. The van der Waals surface area contributed by atoms with Crippen LogP contribution in [0.2, 0.25) is 0 Å². The molecule has 4 aromatic rings. The fourth-order valence-corrected chi connectivity index (χ4v) is 4.50. The quantitative estimate of drug-likeness (QED) is 0.377. The summed E-state index contributed by atoms with van der Waals surface area (Å²) in [5.41, 5.74) is 1.71. The van der Waals surface area contributed by atoms with Crippen LogP contribution in [0.1, 0.15) is 17.9 Å². The van der Waals surface area contributed by atoms with E-state index < -0.39 is 22.3 Å². The number of halogens is 2. The molecule has 2 aromatic heterocycles. The number of imidazole rings is 1. The number of para-hydroxylation sites is 1. The maximum Gasteiger partial charge on any atom is 0.314 e. The van der Waals surface area contributed by atoms with Gasteiger partial charge in [0.1, 0.15) is 0 Å². The molecule has 11 heteroatoms. The lowest BCUT2D eigenvalue weighted by molar-refractivity contribution is 0.116. The smallest absolute Gasteiger partial charge is 0.314 e. The standard InChI is InChI=1S/C21H19F2N5O3S/c22-19(23)21-26-25-20(31-21)17-8-6-16(7-9-17)14-28(18-4-2-1-3-5-18)32(29,30)13-12-27-11-10-24-15-27/h1-11,15,19H,12-14H2. The molecule has 2 aromatic carbocycles. The highest BCUT2D eigenvalue weighted by Crippen LogP contribution is 2.25. The SMILES string of the molecule is O=S(=O)(CCn1ccnc1)N(Cc1ccc(-c2nnc(C(F)F)o2)cc1)c1ccccc1. The van der Waals surface area contributed by atoms with E-state index in [0.717, 1.165) is 0 Å². The summed E-state index contributed by atoms with van der Waals surface area (Å²) in [5.74, 6) is -0.877. The van der Waals surface area contributed by atoms with E-state index in [1.165, 1.54) is 4.31 Å². The van der Waals surface area contributed by atoms with Gasteiger partial charge in [-0.15, -0.1) is 10.2 Å². The highest BCUT2D eigenvalue weighted by molar-refractivity contribution is 7.92. The first-order valence-corrected chi connectivity index (χ1v) is 11.3. The molecule has 0 aliphatic heterocycles. The number of anilines is 1. The van der Waals surface area contributed by atoms with E-state index in [1.807, 2.05) is 6.07 Å². The van der Waals surface area contributed by atoms with Crippen LogP contribution in [0.4, 0.5) is 14.5 Å². The lowest BCUT2D eigenvalue weighted by atomic mass is 10.1. The third-order valence-electron chi connectivity index (χ3n) is 4.70. The first kappa shape index (κ1) is 21.6. The van der Waals surface area contributed by atoms with Crippen molar-refractivity contribution in [1.29, 1.82) is 0 Å². The molecule has 4 rings (SSSR count). The van der Waals surface area contributed by atoms with E-state index >= 15 is 0 Å². The molecule has 0 aliphatic carbocycles. The van der Waals surface area contributed by atoms with Crippen LogP contribution in [-0.4, -0.2) is 33.9 Å². The number of aryl methyl sites for hydroxylation is 1. The summed E-state index contributed by atoms with van der Waals surface area (Å²) < 4.78 is 59.7. The van der Waals surface area contributed by atoms with E-state index in [1.54, 1.807) is 71.8 Å². The van der Waals surface area contributed by atoms with Gasteiger partial charge in [0.25, 0.3) is 5.89 Å². The van der Waals surface area contributed by atoms with Gasteiger partial charge in [0.15, 0.2) is 0 Å². The van der Waals surface area contributed by atoms with Crippen molar-refractivity contribution in [2.24, 2.45) is 0 Å². The molecule has 0 fully saturated rings. The molecule has 32 heavy (non-hydrogen) atoms. The zero-order valence-corrected chi connectivity index (χ0v) is 17.6. The van der Waals surface area contributed by atoms with Crippen LogP contribution in [0.25, 0.3) is 11.5 Å². The van der Waals surface area contributed by atoms with Crippen molar-refractivity contribution in [2.45, 2.75) is 19.5 Å². The number of nitrogens with zero attached hydrogens (tertiary/aromatic N) is 5. The molecule has 0 spiro atoms. The second-order valence-electron chi connectivity index (χ2n) is 6.90.